The molecule has 2 heterocycles. The monoisotopic (exact) mass is 452 g/mol. The quantitative estimate of drug-likeness (QED) is 0.624. The van der Waals surface area contributed by atoms with Gasteiger partial charge in [0.1, 0.15) is 22.8 Å². The first-order valence-electron chi connectivity index (χ1n) is 9.81. The molecule has 10 heteroatoms. The van der Waals surface area contributed by atoms with E-state index in [1.165, 1.54) is 6.07 Å². The topological polar surface area (TPSA) is 86.6 Å². The molecule has 0 saturated carbocycles. The molecule has 1 aromatic carbocycles. The summed E-state index contributed by atoms with van der Waals surface area (Å²) in [7, 11) is 0. The van der Waals surface area contributed by atoms with Gasteiger partial charge < -0.3 is 14.8 Å². The molecule has 1 atom stereocenters. The van der Waals surface area contributed by atoms with Crippen LogP contribution in [0.1, 0.15) is 25.3 Å². The molecule has 1 N–H and O–H groups in total. The number of hydrogen-bond acceptors (Lipinski definition) is 6. The third-order valence-corrected chi connectivity index (χ3v) is 5.65. The predicted molar refractivity (Wildman–Crippen MR) is 111 cm³/mol. The summed E-state index contributed by atoms with van der Waals surface area (Å²) in [5, 5.41) is 2.70. The van der Waals surface area contributed by atoms with Crippen LogP contribution in [0.5, 0.6) is 0 Å². The standard InChI is InChI=1S/C21H22F2N2O5S/c1-2-29-20(27)10-19-25(12-18(26)24-11-13-5-4-8-30-13)21(28)17(31-19)9-14-15(22)6-3-7-16(14)23/h3,6-7,9-10,13H,2,4-5,8,11-12H2,1H3,(H,24,26)/b17-9-,19-10-. The van der Waals surface area contributed by atoms with Gasteiger partial charge >= 0.3 is 5.97 Å². The average molecular weight is 452 g/mol. The lowest BCUT2D eigenvalue weighted by molar-refractivity contribution is -0.135. The van der Waals surface area contributed by atoms with Crippen LogP contribution in [0, 0.1) is 11.6 Å². The highest BCUT2D eigenvalue weighted by atomic mass is 32.1. The zero-order valence-corrected chi connectivity index (χ0v) is 17.7. The second-order valence-corrected chi connectivity index (χ2v) is 7.87. The minimum absolute atomic E-state index is 0.0218. The molecule has 3 rings (SSSR count). The van der Waals surface area contributed by atoms with Crippen LogP contribution in [0.2, 0.25) is 0 Å². The van der Waals surface area contributed by atoms with Crippen LogP contribution < -0.4 is 20.1 Å². The number of rotatable bonds is 7. The Balaban J connectivity index is 1.96. The lowest BCUT2D eigenvalue weighted by atomic mass is 10.2. The van der Waals surface area contributed by atoms with Gasteiger partial charge in [-0.1, -0.05) is 6.07 Å². The predicted octanol–water partition coefficient (Wildman–Crippen LogP) is 0.656. The molecule has 1 fully saturated rings. The third kappa shape index (κ3) is 5.86. The van der Waals surface area contributed by atoms with Gasteiger partial charge in [-0.2, -0.15) is 0 Å². The van der Waals surface area contributed by atoms with Gasteiger partial charge in [0.05, 0.1) is 23.3 Å². The van der Waals surface area contributed by atoms with Crippen molar-refractivity contribution in [3.63, 3.8) is 0 Å². The number of nitrogens with one attached hydrogen (secondary N) is 1. The molecule has 1 saturated heterocycles. The Labute approximate surface area is 180 Å². The van der Waals surface area contributed by atoms with Crippen LogP contribution in [0.15, 0.2) is 23.0 Å². The van der Waals surface area contributed by atoms with Crippen LogP contribution >= 0.6 is 11.3 Å². The van der Waals surface area contributed by atoms with Crippen molar-refractivity contribution >= 4 is 35.4 Å². The van der Waals surface area contributed by atoms with Gasteiger partial charge in [0.15, 0.2) is 0 Å². The molecule has 2 aromatic rings. The molecule has 0 radical (unpaired) electrons. The Morgan fingerprint density at radius 2 is 2.10 bits per heavy atom. The first kappa shape index (κ1) is 22.8. The minimum Gasteiger partial charge on any atom is -0.463 e. The van der Waals surface area contributed by atoms with Crippen LogP contribution in [0.25, 0.3) is 12.2 Å². The van der Waals surface area contributed by atoms with E-state index in [1.807, 2.05) is 0 Å². The van der Waals surface area contributed by atoms with Crippen molar-refractivity contribution in [2.24, 2.45) is 0 Å². The maximum Gasteiger partial charge on any atom is 0.333 e. The lowest BCUT2D eigenvalue weighted by Crippen LogP contribution is -2.40. The molecule has 0 bridgehead atoms. The maximum atomic E-state index is 14.0. The molecule has 1 aliphatic rings. The Kier molecular flexibility index (Phi) is 7.69. The van der Waals surface area contributed by atoms with Crippen molar-refractivity contribution in [1.82, 2.24) is 9.88 Å². The first-order chi connectivity index (χ1) is 14.9. The van der Waals surface area contributed by atoms with Gasteiger partial charge in [-0.25, -0.2) is 13.6 Å². The molecule has 7 nitrogen and oxygen atoms in total. The Bertz CT molecular complexity index is 1120. The number of halogens is 2. The summed E-state index contributed by atoms with van der Waals surface area (Å²) in [6.07, 6.45) is 3.85. The van der Waals surface area contributed by atoms with Crippen molar-refractivity contribution in [2.45, 2.75) is 32.4 Å². The van der Waals surface area contributed by atoms with E-state index in [0.29, 0.717) is 13.2 Å². The molecule has 1 amide bonds. The van der Waals surface area contributed by atoms with Gasteiger partial charge in [0.25, 0.3) is 5.56 Å². The number of nitrogens with zero attached hydrogens (tertiary/aromatic N) is 1. The van der Waals surface area contributed by atoms with E-state index in [4.69, 9.17) is 9.47 Å². The summed E-state index contributed by atoms with van der Waals surface area (Å²) in [6.45, 7) is 2.36. The Morgan fingerprint density at radius 1 is 1.35 bits per heavy atom. The van der Waals surface area contributed by atoms with Crippen LogP contribution in [-0.2, 0) is 25.6 Å². The number of ether oxygens (including phenoxy) is 2. The first-order valence-corrected chi connectivity index (χ1v) is 10.6. The molecule has 31 heavy (non-hydrogen) atoms. The summed E-state index contributed by atoms with van der Waals surface area (Å²) < 4.78 is 39.5. The number of thiazole rings is 1. The third-order valence-electron chi connectivity index (χ3n) is 4.59. The van der Waals surface area contributed by atoms with Crippen LogP contribution in [0.3, 0.4) is 0 Å². The molecule has 1 unspecified atom stereocenters. The number of benzene rings is 1. The summed E-state index contributed by atoms with van der Waals surface area (Å²) >= 11 is 0.838. The minimum atomic E-state index is -0.829. The largest absolute Gasteiger partial charge is 0.463 e. The molecule has 1 aromatic heterocycles. The molecule has 0 aliphatic carbocycles. The molecule has 0 spiro atoms. The summed E-state index contributed by atoms with van der Waals surface area (Å²) in [4.78, 5) is 37.2. The number of aromatic nitrogens is 1. The fourth-order valence-corrected chi connectivity index (χ4v) is 4.10. The van der Waals surface area contributed by atoms with E-state index < -0.39 is 29.1 Å². The van der Waals surface area contributed by atoms with E-state index in [2.05, 4.69) is 5.32 Å². The Morgan fingerprint density at radius 3 is 2.74 bits per heavy atom. The van der Waals surface area contributed by atoms with Gasteiger partial charge in [-0.05, 0) is 38.0 Å². The van der Waals surface area contributed by atoms with E-state index in [9.17, 15) is 23.2 Å². The fraction of sp³-hybridized carbons (Fsp3) is 0.381. The highest BCUT2D eigenvalue weighted by molar-refractivity contribution is 7.07. The summed E-state index contributed by atoms with van der Waals surface area (Å²) in [6, 6.07) is 3.36. The molecular formula is C21H22F2N2O5S. The smallest absolute Gasteiger partial charge is 0.333 e. The zero-order valence-electron chi connectivity index (χ0n) is 16.9. The summed E-state index contributed by atoms with van der Waals surface area (Å²) in [5.41, 5.74) is -1.02. The molecular weight excluding hydrogens is 430 g/mol. The number of amides is 1. The second-order valence-electron chi connectivity index (χ2n) is 6.81. The Hall–Kier alpha value is -2.85. The van der Waals surface area contributed by atoms with Crippen molar-refractivity contribution in [2.75, 3.05) is 19.8 Å². The average Bonchev–Trinajstić information content (AvgIpc) is 3.34. The van der Waals surface area contributed by atoms with Crippen LogP contribution in [-0.4, -0.2) is 42.3 Å². The van der Waals surface area contributed by atoms with Crippen molar-refractivity contribution in [3.8, 4) is 0 Å². The van der Waals surface area contributed by atoms with Gasteiger partial charge in [0.2, 0.25) is 5.91 Å². The number of carbonyl (C=O) groups is 2. The van der Waals surface area contributed by atoms with Crippen LogP contribution in [0.4, 0.5) is 8.78 Å². The van der Waals surface area contributed by atoms with Gasteiger partial charge in [-0.15, -0.1) is 11.3 Å². The highest BCUT2D eigenvalue weighted by Gasteiger charge is 2.17. The van der Waals surface area contributed by atoms with Gasteiger partial charge in [-0.3, -0.25) is 14.2 Å². The number of carbonyl (C=O) groups excluding carboxylic acids is 2. The van der Waals surface area contributed by atoms with Crippen molar-refractivity contribution in [1.29, 1.82) is 0 Å². The van der Waals surface area contributed by atoms with E-state index >= 15 is 0 Å². The number of esters is 1. The summed E-state index contributed by atoms with van der Waals surface area (Å²) in [5.74, 6) is -2.80. The van der Waals surface area contributed by atoms with E-state index in [-0.39, 0.29) is 34.0 Å². The highest BCUT2D eigenvalue weighted by Crippen LogP contribution is 2.12. The molecule has 1 aliphatic heterocycles. The van der Waals surface area contributed by atoms with E-state index in [0.717, 1.165) is 53.0 Å². The van der Waals surface area contributed by atoms with Gasteiger partial charge in [0, 0.05) is 18.7 Å². The van der Waals surface area contributed by atoms with E-state index in [1.54, 1.807) is 6.92 Å². The van der Waals surface area contributed by atoms with Crippen molar-refractivity contribution < 1.29 is 27.8 Å². The maximum absolute atomic E-state index is 14.0. The SMILES string of the molecule is CCOC(=O)/C=c1\s/c(=C\c2c(F)cccc2F)c(=O)n1CC(=O)NCC1CCCO1. The fourth-order valence-electron chi connectivity index (χ4n) is 3.09. The molecule has 166 valence electrons. The lowest BCUT2D eigenvalue weighted by Gasteiger charge is -2.10. The second kappa shape index (κ2) is 10.5. The number of hydrogen-bond donors (Lipinski definition) is 1. The zero-order chi connectivity index (χ0) is 22.4. The van der Waals surface area contributed by atoms with Crippen molar-refractivity contribution in [3.05, 3.63) is 54.9 Å². The normalized spacial score (nSPS) is 17.2.